The Bertz CT molecular complexity index is 523. The number of quaternary nitrogens is 1. The van der Waals surface area contributed by atoms with Gasteiger partial charge in [0.05, 0.1) is 20.6 Å². The second-order valence-electron chi connectivity index (χ2n) is 9.41. The number of benzene rings is 1. The number of carbonyl (C=O) groups is 1. The first-order valence-corrected chi connectivity index (χ1v) is 12.4. The Kier molecular flexibility index (Phi) is 14.0. The second-order valence-corrected chi connectivity index (χ2v) is 9.41. The summed E-state index contributed by atoms with van der Waals surface area (Å²) in [6, 6.07) is 10.6. The Morgan fingerprint density at radius 1 is 0.759 bits per heavy atom. The molecule has 0 aliphatic rings. The molecule has 0 saturated carbocycles. The smallest absolute Gasteiger partial charge is 0.190 e. The van der Waals surface area contributed by atoms with Crippen molar-refractivity contribution in [3.05, 3.63) is 35.9 Å². The molecule has 0 spiro atoms. The lowest BCUT2D eigenvalue weighted by atomic mass is 9.95. The molecule has 0 bridgehead atoms. The van der Waals surface area contributed by atoms with E-state index in [0.717, 1.165) is 30.3 Å². The largest absolute Gasteiger partial charge is 0.320 e. The molecule has 0 fully saturated rings. The molecule has 2 nitrogen and oxygen atoms in total. The fraction of sp³-hybridized carbons (Fsp3) is 0.741. The Morgan fingerprint density at radius 3 is 1.72 bits per heavy atom. The first-order valence-electron chi connectivity index (χ1n) is 12.4. The minimum Gasteiger partial charge on any atom is -0.320 e. The van der Waals surface area contributed by atoms with Crippen molar-refractivity contribution in [2.45, 2.75) is 110 Å². The van der Waals surface area contributed by atoms with Gasteiger partial charge in [0.25, 0.3) is 0 Å². The van der Waals surface area contributed by atoms with Crippen LogP contribution >= 0.6 is 0 Å². The Balaban J connectivity index is 2.21. The molecule has 0 aliphatic carbocycles. The SMILES string of the molecule is CCCCCCCCCCCCCCC(=O)C(Cc1ccccc1)[N+](C)(C)CC. The first kappa shape index (κ1) is 25.9. The molecule has 0 heterocycles. The summed E-state index contributed by atoms with van der Waals surface area (Å²) in [6.45, 7) is 5.46. The van der Waals surface area contributed by atoms with Crippen LogP contribution in [0.1, 0.15) is 103 Å². The third-order valence-corrected chi connectivity index (χ3v) is 6.58. The number of nitrogens with zero attached hydrogens (tertiary/aromatic N) is 1. The number of hydrogen-bond acceptors (Lipinski definition) is 1. The van der Waals surface area contributed by atoms with Gasteiger partial charge in [-0.1, -0.05) is 108 Å². The van der Waals surface area contributed by atoms with Crippen LogP contribution in [0.4, 0.5) is 0 Å². The van der Waals surface area contributed by atoms with Crippen molar-refractivity contribution < 1.29 is 9.28 Å². The van der Waals surface area contributed by atoms with Crippen molar-refractivity contribution >= 4 is 5.78 Å². The number of rotatable bonds is 18. The summed E-state index contributed by atoms with van der Waals surface area (Å²) < 4.78 is 0.784. The number of unbranched alkanes of at least 4 members (excludes halogenated alkanes) is 11. The van der Waals surface area contributed by atoms with Crippen molar-refractivity contribution in [1.29, 1.82) is 0 Å². The van der Waals surface area contributed by atoms with Crippen molar-refractivity contribution in [3.8, 4) is 0 Å². The zero-order valence-electron chi connectivity index (χ0n) is 19.9. The van der Waals surface area contributed by atoms with Gasteiger partial charge in [-0.3, -0.25) is 4.79 Å². The molecular formula is C27H48NO+. The highest BCUT2D eigenvalue weighted by atomic mass is 16.1. The van der Waals surface area contributed by atoms with E-state index in [1.54, 1.807) is 0 Å². The number of likely N-dealkylation sites (N-methyl/N-ethyl adjacent to an activating group) is 1. The summed E-state index contributed by atoms with van der Waals surface area (Å²) in [5.41, 5.74) is 1.28. The van der Waals surface area contributed by atoms with Crippen LogP contribution in [0, 0.1) is 0 Å². The van der Waals surface area contributed by atoms with Gasteiger partial charge < -0.3 is 4.48 Å². The van der Waals surface area contributed by atoms with Crippen LogP contribution in [0.5, 0.6) is 0 Å². The fourth-order valence-corrected chi connectivity index (χ4v) is 4.12. The average Bonchev–Trinajstić information content (AvgIpc) is 2.73. The lowest BCUT2D eigenvalue weighted by Gasteiger charge is -2.36. The molecule has 1 unspecified atom stereocenters. The molecule has 29 heavy (non-hydrogen) atoms. The maximum absolute atomic E-state index is 13.0. The van der Waals surface area contributed by atoms with Gasteiger partial charge in [0.1, 0.15) is 0 Å². The van der Waals surface area contributed by atoms with Gasteiger partial charge in [-0.15, -0.1) is 0 Å². The summed E-state index contributed by atoms with van der Waals surface area (Å²) in [6.07, 6.45) is 17.7. The molecule has 0 amide bonds. The van der Waals surface area contributed by atoms with E-state index in [1.807, 2.05) is 6.07 Å². The molecule has 1 aromatic carbocycles. The van der Waals surface area contributed by atoms with E-state index in [-0.39, 0.29) is 6.04 Å². The van der Waals surface area contributed by atoms with E-state index in [1.165, 1.54) is 76.2 Å². The van der Waals surface area contributed by atoms with E-state index >= 15 is 0 Å². The fourth-order valence-electron chi connectivity index (χ4n) is 4.12. The summed E-state index contributed by atoms with van der Waals surface area (Å²) in [5, 5.41) is 0. The summed E-state index contributed by atoms with van der Waals surface area (Å²) in [4.78, 5) is 13.0. The lowest BCUT2D eigenvalue weighted by molar-refractivity contribution is -0.904. The van der Waals surface area contributed by atoms with Gasteiger partial charge in [0.2, 0.25) is 0 Å². The van der Waals surface area contributed by atoms with Gasteiger partial charge >= 0.3 is 0 Å². The van der Waals surface area contributed by atoms with Crippen molar-refractivity contribution in [2.75, 3.05) is 20.6 Å². The van der Waals surface area contributed by atoms with E-state index in [9.17, 15) is 4.79 Å². The van der Waals surface area contributed by atoms with Gasteiger partial charge in [-0.25, -0.2) is 0 Å². The molecule has 0 aromatic heterocycles. The topological polar surface area (TPSA) is 17.1 Å². The highest BCUT2D eigenvalue weighted by Crippen LogP contribution is 2.18. The zero-order chi connectivity index (χ0) is 21.4. The molecule has 0 radical (unpaired) electrons. The number of hydrogen-bond donors (Lipinski definition) is 0. The molecule has 0 saturated heterocycles. The number of ketones is 1. The summed E-state index contributed by atoms with van der Waals surface area (Å²) >= 11 is 0. The Morgan fingerprint density at radius 2 is 1.24 bits per heavy atom. The summed E-state index contributed by atoms with van der Waals surface area (Å²) in [5.74, 6) is 0.452. The number of carbonyl (C=O) groups excluding carboxylic acids is 1. The minimum atomic E-state index is 0.0788. The molecule has 0 N–H and O–H groups in total. The lowest BCUT2D eigenvalue weighted by Crippen LogP contribution is -2.53. The highest BCUT2D eigenvalue weighted by Gasteiger charge is 2.32. The molecule has 2 heteroatoms. The molecule has 166 valence electrons. The zero-order valence-corrected chi connectivity index (χ0v) is 19.9. The number of Topliss-reactive ketones (excluding diaryl/α,β-unsaturated/α-hetero) is 1. The van der Waals surface area contributed by atoms with Gasteiger partial charge in [0.15, 0.2) is 11.8 Å². The van der Waals surface area contributed by atoms with E-state index in [4.69, 9.17) is 0 Å². The quantitative estimate of drug-likeness (QED) is 0.185. The van der Waals surface area contributed by atoms with Crippen molar-refractivity contribution in [3.63, 3.8) is 0 Å². The van der Waals surface area contributed by atoms with Gasteiger partial charge in [-0.2, -0.15) is 0 Å². The predicted molar refractivity (Wildman–Crippen MR) is 127 cm³/mol. The normalized spacial score (nSPS) is 12.8. The first-order chi connectivity index (χ1) is 14.0. The standard InChI is InChI=1S/C27H48NO/c1-5-7-8-9-10-11-12-13-14-15-16-20-23-27(29)26(28(3,4)6-2)24-25-21-18-17-19-22-25/h17-19,21-22,26H,5-16,20,23-24H2,1-4H3/q+1. The highest BCUT2D eigenvalue weighted by molar-refractivity contribution is 5.83. The van der Waals surface area contributed by atoms with Crippen LogP contribution in [0.2, 0.25) is 0 Å². The van der Waals surface area contributed by atoms with Crippen LogP contribution in [0.25, 0.3) is 0 Å². The molecule has 1 rings (SSSR count). The Labute approximate surface area is 181 Å². The molecule has 1 atom stereocenters. The van der Waals surface area contributed by atoms with Crippen LogP contribution < -0.4 is 0 Å². The van der Waals surface area contributed by atoms with Gasteiger partial charge in [-0.05, 0) is 18.9 Å². The molecular weight excluding hydrogens is 354 g/mol. The van der Waals surface area contributed by atoms with Gasteiger partial charge in [0, 0.05) is 12.8 Å². The minimum absolute atomic E-state index is 0.0788. The third kappa shape index (κ3) is 11.6. The third-order valence-electron chi connectivity index (χ3n) is 6.58. The van der Waals surface area contributed by atoms with E-state index in [0.29, 0.717) is 5.78 Å². The van der Waals surface area contributed by atoms with Crippen LogP contribution in [-0.4, -0.2) is 36.9 Å². The molecule has 0 aliphatic heterocycles. The van der Waals surface area contributed by atoms with Crippen molar-refractivity contribution in [2.24, 2.45) is 0 Å². The van der Waals surface area contributed by atoms with E-state index < -0.39 is 0 Å². The summed E-state index contributed by atoms with van der Waals surface area (Å²) in [7, 11) is 4.40. The van der Waals surface area contributed by atoms with Crippen molar-refractivity contribution in [1.82, 2.24) is 0 Å². The monoisotopic (exact) mass is 402 g/mol. The molecule has 1 aromatic rings. The average molecular weight is 403 g/mol. The van der Waals surface area contributed by atoms with Crippen LogP contribution in [0.3, 0.4) is 0 Å². The predicted octanol–water partition coefficient (Wildman–Crippen LogP) is 7.35. The Hall–Kier alpha value is -1.15. The second kappa shape index (κ2) is 15.7. The maximum Gasteiger partial charge on any atom is 0.190 e. The van der Waals surface area contributed by atoms with E-state index in [2.05, 4.69) is 52.2 Å². The van der Waals surface area contributed by atoms with Crippen LogP contribution in [0.15, 0.2) is 30.3 Å². The van der Waals surface area contributed by atoms with Crippen LogP contribution in [-0.2, 0) is 11.2 Å². The maximum atomic E-state index is 13.0.